The largest absolute Gasteiger partial charge is 0.481 e. The standard InChI is InChI=1S/C13H15N3O/c1-17-13-6-2-5-12(16-13)10-15-9-11-4-3-7-14-8-11/h2-8,15H,9-10H2,1H3. The molecule has 4 nitrogen and oxygen atoms in total. The lowest BCUT2D eigenvalue weighted by Crippen LogP contribution is -2.13. The van der Waals surface area contributed by atoms with Crippen LogP contribution < -0.4 is 10.1 Å². The van der Waals surface area contributed by atoms with Crippen molar-refractivity contribution < 1.29 is 4.74 Å². The summed E-state index contributed by atoms with van der Waals surface area (Å²) in [5.74, 6) is 0.644. The topological polar surface area (TPSA) is 47.0 Å². The molecule has 0 aliphatic rings. The first-order valence-electron chi connectivity index (χ1n) is 5.48. The predicted molar refractivity (Wildman–Crippen MR) is 65.6 cm³/mol. The number of aromatic nitrogens is 2. The van der Waals surface area contributed by atoms with E-state index in [1.54, 1.807) is 13.3 Å². The maximum atomic E-state index is 5.07. The Labute approximate surface area is 101 Å². The van der Waals surface area contributed by atoms with Crippen LogP contribution in [-0.4, -0.2) is 17.1 Å². The zero-order chi connectivity index (χ0) is 11.9. The fraction of sp³-hybridized carbons (Fsp3) is 0.231. The quantitative estimate of drug-likeness (QED) is 0.849. The van der Waals surface area contributed by atoms with Gasteiger partial charge in [-0.05, 0) is 17.7 Å². The fourth-order valence-electron chi connectivity index (χ4n) is 1.51. The minimum absolute atomic E-state index is 0.644. The summed E-state index contributed by atoms with van der Waals surface area (Å²) in [4.78, 5) is 8.38. The van der Waals surface area contributed by atoms with Gasteiger partial charge < -0.3 is 10.1 Å². The van der Waals surface area contributed by atoms with Gasteiger partial charge in [0.25, 0.3) is 0 Å². The Hall–Kier alpha value is -1.94. The maximum absolute atomic E-state index is 5.07. The van der Waals surface area contributed by atoms with E-state index in [0.717, 1.165) is 17.8 Å². The van der Waals surface area contributed by atoms with E-state index >= 15 is 0 Å². The van der Waals surface area contributed by atoms with Crippen LogP contribution in [0.15, 0.2) is 42.7 Å². The van der Waals surface area contributed by atoms with E-state index in [1.165, 1.54) is 0 Å². The molecule has 0 amide bonds. The molecule has 0 atom stereocenters. The molecule has 0 bridgehead atoms. The van der Waals surface area contributed by atoms with Crippen molar-refractivity contribution in [3.63, 3.8) is 0 Å². The number of hydrogen-bond donors (Lipinski definition) is 1. The Morgan fingerprint density at radius 1 is 1.18 bits per heavy atom. The van der Waals surface area contributed by atoms with Crippen LogP contribution in [0.3, 0.4) is 0 Å². The molecule has 0 saturated heterocycles. The van der Waals surface area contributed by atoms with Crippen molar-refractivity contribution in [2.45, 2.75) is 13.1 Å². The number of ether oxygens (including phenoxy) is 1. The van der Waals surface area contributed by atoms with Gasteiger partial charge in [0.05, 0.1) is 12.8 Å². The average molecular weight is 229 g/mol. The average Bonchev–Trinajstić information content (AvgIpc) is 2.40. The molecule has 2 rings (SSSR count). The summed E-state index contributed by atoms with van der Waals surface area (Å²) in [6.07, 6.45) is 3.62. The third-order valence-corrected chi connectivity index (χ3v) is 2.35. The lowest BCUT2D eigenvalue weighted by atomic mass is 10.3. The zero-order valence-electron chi connectivity index (χ0n) is 9.76. The number of rotatable bonds is 5. The van der Waals surface area contributed by atoms with E-state index in [4.69, 9.17) is 4.74 Å². The van der Waals surface area contributed by atoms with Crippen LogP contribution in [0.4, 0.5) is 0 Å². The maximum Gasteiger partial charge on any atom is 0.213 e. The van der Waals surface area contributed by atoms with Crippen molar-refractivity contribution in [3.8, 4) is 5.88 Å². The van der Waals surface area contributed by atoms with Crippen LogP contribution in [0.25, 0.3) is 0 Å². The summed E-state index contributed by atoms with van der Waals surface area (Å²) < 4.78 is 5.07. The lowest BCUT2D eigenvalue weighted by Gasteiger charge is -2.05. The monoisotopic (exact) mass is 229 g/mol. The first-order chi connectivity index (χ1) is 8.38. The third-order valence-electron chi connectivity index (χ3n) is 2.35. The normalized spacial score (nSPS) is 10.2. The van der Waals surface area contributed by atoms with Crippen LogP contribution in [0.5, 0.6) is 5.88 Å². The molecule has 17 heavy (non-hydrogen) atoms. The van der Waals surface area contributed by atoms with Crippen molar-refractivity contribution in [1.82, 2.24) is 15.3 Å². The van der Waals surface area contributed by atoms with E-state index in [0.29, 0.717) is 12.4 Å². The highest BCUT2D eigenvalue weighted by Crippen LogP contribution is 2.06. The van der Waals surface area contributed by atoms with Gasteiger partial charge >= 0.3 is 0 Å². The molecule has 0 unspecified atom stereocenters. The van der Waals surface area contributed by atoms with E-state index in [2.05, 4.69) is 15.3 Å². The highest BCUT2D eigenvalue weighted by atomic mass is 16.5. The molecule has 2 aromatic heterocycles. The number of methoxy groups -OCH3 is 1. The predicted octanol–water partition coefficient (Wildman–Crippen LogP) is 1.77. The minimum atomic E-state index is 0.644. The molecule has 88 valence electrons. The van der Waals surface area contributed by atoms with Crippen LogP contribution >= 0.6 is 0 Å². The van der Waals surface area contributed by atoms with Gasteiger partial charge in [-0.3, -0.25) is 4.98 Å². The van der Waals surface area contributed by atoms with Crippen LogP contribution in [0, 0.1) is 0 Å². The third kappa shape index (κ3) is 3.53. The van der Waals surface area contributed by atoms with Gasteiger partial charge in [-0.2, -0.15) is 0 Å². The van der Waals surface area contributed by atoms with Gasteiger partial charge in [-0.1, -0.05) is 12.1 Å². The summed E-state index contributed by atoms with van der Waals surface area (Å²) >= 11 is 0. The van der Waals surface area contributed by atoms with E-state index < -0.39 is 0 Å². The van der Waals surface area contributed by atoms with Gasteiger partial charge in [0.1, 0.15) is 0 Å². The van der Waals surface area contributed by atoms with Crippen molar-refractivity contribution in [1.29, 1.82) is 0 Å². The molecule has 0 fully saturated rings. The summed E-state index contributed by atoms with van der Waals surface area (Å²) in [6, 6.07) is 9.72. The van der Waals surface area contributed by atoms with E-state index in [1.807, 2.05) is 36.5 Å². The molecular weight excluding hydrogens is 214 g/mol. The minimum Gasteiger partial charge on any atom is -0.481 e. The van der Waals surface area contributed by atoms with Gasteiger partial charge in [-0.25, -0.2) is 4.98 Å². The Morgan fingerprint density at radius 3 is 2.88 bits per heavy atom. The van der Waals surface area contributed by atoms with E-state index in [-0.39, 0.29) is 0 Å². The summed E-state index contributed by atoms with van der Waals surface area (Å²) in [5, 5.41) is 3.31. The van der Waals surface area contributed by atoms with Crippen molar-refractivity contribution in [2.75, 3.05) is 7.11 Å². The lowest BCUT2D eigenvalue weighted by molar-refractivity contribution is 0.395. The summed E-state index contributed by atoms with van der Waals surface area (Å²) in [5.41, 5.74) is 2.13. The number of pyridine rings is 2. The molecule has 0 aliphatic heterocycles. The molecule has 0 saturated carbocycles. The molecule has 0 spiro atoms. The molecule has 0 aromatic carbocycles. The fourth-order valence-corrected chi connectivity index (χ4v) is 1.51. The second-order valence-electron chi connectivity index (χ2n) is 3.64. The van der Waals surface area contributed by atoms with E-state index in [9.17, 15) is 0 Å². The molecule has 0 aliphatic carbocycles. The molecule has 0 radical (unpaired) electrons. The van der Waals surface area contributed by atoms with Crippen LogP contribution in [0.1, 0.15) is 11.3 Å². The highest BCUT2D eigenvalue weighted by molar-refractivity contribution is 5.15. The van der Waals surface area contributed by atoms with Gasteiger partial charge in [0, 0.05) is 31.5 Å². The van der Waals surface area contributed by atoms with Gasteiger partial charge in [-0.15, -0.1) is 0 Å². The summed E-state index contributed by atoms with van der Waals surface area (Å²) in [7, 11) is 1.62. The van der Waals surface area contributed by atoms with Crippen molar-refractivity contribution in [3.05, 3.63) is 54.0 Å². The van der Waals surface area contributed by atoms with Crippen molar-refractivity contribution >= 4 is 0 Å². The SMILES string of the molecule is COc1cccc(CNCc2cccnc2)n1. The smallest absolute Gasteiger partial charge is 0.213 e. The van der Waals surface area contributed by atoms with Gasteiger partial charge in [0.15, 0.2) is 0 Å². The number of nitrogens with zero attached hydrogens (tertiary/aromatic N) is 2. The first-order valence-corrected chi connectivity index (χ1v) is 5.48. The number of hydrogen-bond acceptors (Lipinski definition) is 4. The van der Waals surface area contributed by atoms with Crippen LogP contribution in [-0.2, 0) is 13.1 Å². The molecule has 4 heteroatoms. The molecule has 2 aromatic rings. The molecular formula is C13H15N3O. The Balaban J connectivity index is 1.86. The second-order valence-corrected chi connectivity index (χ2v) is 3.64. The van der Waals surface area contributed by atoms with Gasteiger partial charge in [0.2, 0.25) is 5.88 Å². The number of nitrogens with one attached hydrogen (secondary N) is 1. The Morgan fingerprint density at radius 2 is 2.12 bits per heavy atom. The van der Waals surface area contributed by atoms with Crippen LogP contribution in [0.2, 0.25) is 0 Å². The molecule has 1 N–H and O–H groups in total. The summed E-state index contributed by atoms with van der Waals surface area (Å²) in [6.45, 7) is 1.50. The first kappa shape index (κ1) is 11.5. The Kier molecular flexibility index (Phi) is 4.05. The second kappa shape index (κ2) is 5.96. The van der Waals surface area contributed by atoms with Crippen molar-refractivity contribution in [2.24, 2.45) is 0 Å². The zero-order valence-corrected chi connectivity index (χ0v) is 9.76. The highest BCUT2D eigenvalue weighted by Gasteiger charge is 1.97. The molecule has 2 heterocycles. The Bertz CT molecular complexity index is 459.